The number of nitrogens with zero attached hydrogens (tertiary/aromatic N) is 1. The van der Waals surface area contributed by atoms with Crippen LogP contribution in [-0.2, 0) is 0 Å². The third kappa shape index (κ3) is 1.73. The summed E-state index contributed by atoms with van der Waals surface area (Å²) in [7, 11) is 0. The maximum absolute atomic E-state index is 4.32. The summed E-state index contributed by atoms with van der Waals surface area (Å²) >= 11 is 0. The van der Waals surface area contributed by atoms with Gasteiger partial charge in [-0.3, -0.25) is 4.98 Å². The Balaban J connectivity index is 0.000000853. The van der Waals surface area contributed by atoms with Crippen LogP contribution in [-0.4, -0.2) is 23.1 Å². The Kier molecular flexibility index (Phi) is 2.93. The third-order valence-corrected chi connectivity index (χ3v) is 2.98. The predicted octanol–water partition coefficient (Wildman–Crippen LogP) is 2.06. The number of aromatic amines is 1. The molecule has 1 aliphatic heterocycles. The lowest BCUT2D eigenvalue weighted by molar-refractivity contribution is 0.767. The van der Waals surface area contributed by atoms with Gasteiger partial charge in [0.25, 0.3) is 0 Å². The van der Waals surface area contributed by atoms with Gasteiger partial charge >= 0.3 is 0 Å². The molecule has 2 aromatic heterocycles. The maximum Gasteiger partial charge on any atom is 0.0881 e. The van der Waals surface area contributed by atoms with E-state index in [1.54, 1.807) is 0 Å². The molecule has 3 heterocycles. The van der Waals surface area contributed by atoms with Crippen molar-refractivity contribution in [2.45, 2.75) is 12.3 Å². The zero-order valence-corrected chi connectivity index (χ0v) is 9.18. The van der Waals surface area contributed by atoms with E-state index in [1.807, 2.05) is 18.5 Å². The van der Waals surface area contributed by atoms with Crippen LogP contribution in [0.1, 0.15) is 17.9 Å². The summed E-state index contributed by atoms with van der Waals surface area (Å²) < 4.78 is 0. The van der Waals surface area contributed by atoms with Crippen molar-refractivity contribution in [1.29, 1.82) is 0 Å². The minimum absolute atomic E-state index is 0. The molecule has 0 aromatic carbocycles. The van der Waals surface area contributed by atoms with Crippen molar-refractivity contribution in [3.63, 3.8) is 0 Å². The zero-order valence-electron chi connectivity index (χ0n) is 8.36. The number of fused-ring (bicyclic) bond motifs is 1. The lowest BCUT2D eigenvalue weighted by atomic mass is 9.98. The molecule has 0 saturated carbocycles. The third-order valence-electron chi connectivity index (χ3n) is 2.98. The molecule has 80 valence electrons. The number of aromatic nitrogens is 2. The number of nitrogens with one attached hydrogen (secondary N) is 2. The summed E-state index contributed by atoms with van der Waals surface area (Å²) in [5.74, 6) is 0.652. The molecular weight excluding hydrogens is 210 g/mol. The van der Waals surface area contributed by atoms with Gasteiger partial charge in [0.1, 0.15) is 0 Å². The van der Waals surface area contributed by atoms with E-state index in [-0.39, 0.29) is 12.4 Å². The van der Waals surface area contributed by atoms with E-state index in [0.717, 1.165) is 18.6 Å². The van der Waals surface area contributed by atoms with Crippen LogP contribution < -0.4 is 5.32 Å². The fourth-order valence-electron chi connectivity index (χ4n) is 2.24. The summed E-state index contributed by atoms with van der Waals surface area (Å²) in [4.78, 5) is 7.60. The van der Waals surface area contributed by atoms with Crippen molar-refractivity contribution in [2.75, 3.05) is 13.1 Å². The van der Waals surface area contributed by atoms with Gasteiger partial charge in [0.15, 0.2) is 0 Å². The molecule has 0 spiro atoms. The van der Waals surface area contributed by atoms with Gasteiger partial charge in [0.05, 0.1) is 11.0 Å². The number of halogens is 1. The molecule has 0 amide bonds. The van der Waals surface area contributed by atoms with Gasteiger partial charge in [0, 0.05) is 18.9 Å². The normalized spacial score (nSPS) is 20.4. The number of hydrogen-bond donors (Lipinski definition) is 2. The molecule has 0 aliphatic carbocycles. The zero-order chi connectivity index (χ0) is 9.38. The molecule has 1 atom stereocenters. The first-order valence-electron chi connectivity index (χ1n) is 5.08. The van der Waals surface area contributed by atoms with Crippen LogP contribution in [0, 0.1) is 0 Å². The van der Waals surface area contributed by atoms with Gasteiger partial charge in [0.2, 0.25) is 0 Å². The molecule has 4 heteroatoms. The Labute approximate surface area is 94.7 Å². The van der Waals surface area contributed by atoms with Crippen LogP contribution in [0.5, 0.6) is 0 Å². The van der Waals surface area contributed by atoms with E-state index < -0.39 is 0 Å². The van der Waals surface area contributed by atoms with Gasteiger partial charge < -0.3 is 10.3 Å². The van der Waals surface area contributed by atoms with Crippen LogP contribution in [0.15, 0.2) is 24.5 Å². The number of pyridine rings is 1. The topological polar surface area (TPSA) is 40.7 Å². The molecule has 2 aromatic rings. The van der Waals surface area contributed by atoms with Gasteiger partial charge in [-0.25, -0.2) is 0 Å². The molecule has 1 fully saturated rings. The van der Waals surface area contributed by atoms with Crippen molar-refractivity contribution >= 4 is 23.4 Å². The summed E-state index contributed by atoms with van der Waals surface area (Å²) in [5.41, 5.74) is 3.70. The standard InChI is InChI=1S/C11H13N3.ClH/c1-4-12-7-8(1)9-2-5-13-10-3-6-14-11(9)10;/h2-3,5-6,8,12,14H,1,4,7H2;1H. The number of rotatable bonds is 1. The van der Waals surface area contributed by atoms with Crippen molar-refractivity contribution in [1.82, 2.24) is 15.3 Å². The van der Waals surface area contributed by atoms with Gasteiger partial charge in [-0.1, -0.05) is 0 Å². The smallest absolute Gasteiger partial charge is 0.0881 e. The minimum Gasteiger partial charge on any atom is -0.360 e. The summed E-state index contributed by atoms with van der Waals surface area (Å²) in [5, 5.41) is 3.39. The maximum atomic E-state index is 4.32. The van der Waals surface area contributed by atoms with Crippen LogP contribution >= 0.6 is 12.4 Å². The monoisotopic (exact) mass is 223 g/mol. The quantitative estimate of drug-likeness (QED) is 0.777. The summed E-state index contributed by atoms with van der Waals surface area (Å²) in [6.07, 6.45) is 5.10. The van der Waals surface area contributed by atoms with Crippen molar-refractivity contribution < 1.29 is 0 Å². The number of H-pyrrole nitrogens is 1. The highest BCUT2D eigenvalue weighted by Crippen LogP contribution is 2.27. The largest absolute Gasteiger partial charge is 0.360 e. The second-order valence-corrected chi connectivity index (χ2v) is 3.83. The fourth-order valence-corrected chi connectivity index (χ4v) is 2.24. The first-order chi connectivity index (χ1) is 6.95. The fraction of sp³-hybridized carbons (Fsp3) is 0.364. The van der Waals surface area contributed by atoms with E-state index in [2.05, 4.69) is 21.4 Å². The Morgan fingerprint density at radius 3 is 3.07 bits per heavy atom. The summed E-state index contributed by atoms with van der Waals surface area (Å²) in [6.45, 7) is 2.23. The second kappa shape index (κ2) is 4.21. The first kappa shape index (κ1) is 10.5. The molecule has 1 saturated heterocycles. The van der Waals surface area contributed by atoms with Crippen LogP contribution in [0.3, 0.4) is 0 Å². The summed E-state index contributed by atoms with van der Waals surface area (Å²) in [6, 6.07) is 4.16. The Hall–Kier alpha value is -1.06. The van der Waals surface area contributed by atoms with Crippen molar-refractivity contribution in [2.24, 2.45) is 0 Å². The van der Waals surface area contributed by atoms with E-state index in [1.165, 1.54) is 17.5 Å². The molecule has 1 unspecified atom stereocenters. The Morgan fingerprint density at radius 1 is 1.33 bits per heavy atom. The Bertz CT molecular complexity index is 446. The van der Waals surface area contributed by atoms with Crippen LogP contribution in [0.25, 0.3) is 11.0 Å². The highest BCUT2D eigenvalue weighted by molar-refractivity contribution is 5.85. The number of hydrogen-bond acceptors (Lipinski definition) is 2. The molecule has 3 nitrogen and oxygen atoms in total. The molecule has 2 N–H and O–H groups in total. The average Bonchev–Trinajstić information content (AvgIpc) is 2.88. The lowest BCUT2D eigenvalue weighted by Crippen LogP contribution is -2.08. The SMILES string of the molecule is Cl.c1cc(C2CCNC2)c2[nH]ccc2n1. The molecule has 0 radical (unpaired) electrons. The van der Waals surface area contributed by atoms with E-state index in [9.17, 15) is 0 Å². The molecule has 15 heavy (non-hydrogen) atoms. The van der Waals surface area contributed by atoms with E-state index >= 15 is 0 Å². The van der Waals surface area contributed by atoms with E-state index in [0.29, 0.717) is 5.92 Å². The predicted molar refractivity (Wildman–Crippen MR) is 63.6 cm³/mol. The minimum atomic E-state index is 0. The van der Waals surface area contributed by atoms with Crippen molar-refractivity contribution in [3.05, 3.63) is 30.1 Å². The van der Waals surface area contributed by atoms with Gasteiger partial charge in [-0.2, -0.15) is 0 Å². The average molecular weight is 224 g/mol. The van der Waals surface area contributed by atoms with Crippen molar-refractivity contribution in [3.8, 4) is 0 Å². The Morgan fingerprint density at radius 2 is 2.27 bits per heavy atom. The first-order valence-corrected chi connectivity index (χ1v) is 5.08. The molecule has 0 bridgehead atoms. The van der Waals surface area contributed by atoms with E-state index in [4.69, 9.17) is 0 Å². The van der Waals surface area contributed by atoms with Crippen LogP contribution in [0.4, 0.5) is 0 Å². The van der Waals surface area contributed by atoms with Crippen LogP contribution in [0.2, 0.25) is 0 Å². The lowest BCUT2D eigenvalue weighted by Gasteiger charge is -2.09. The second-order valence-electron chi connectivity index (χ2n) is 3.83. The molecular formula is C11H14ClN3. The molecule has 1 aliphatic rings. The van der Waals surface area contributed by atoms with Gasteiger partial charge in [-0.05, 0) is 36.6 Å². The highest BCUT2D eigenvalue weighted by atomic mass is 35.5. The highest BCUT2D eigenvalue weighted by Gasteiger charge is 2.18. The van der Waals surface area contributed by atoms with Gasteiger partial charge in [-0.15, -0.1) is 12.4 Å². The molecule has 3 rings (SSSR count).